The number of anilines is 1. The molecule has 148 valence electrons. The molecule has 0 saturated carbocycles. The summed E-state index contributed by atoms with van der Waals surface area (Å²) < 4.78 is 0. The SMILES string of the molecule is Cc1ccc(NC(=O)CC(=O)NCCc2nc(C)c3c(n2)CCCC3)c(C)c1. The summed E-state index contributed by atoms with van der Waals surface area (Å²) in [6, 6.07) is 5.79. The highest BCUT2D eigenvalue weighted by atomic mass is 16.2. The Morgan fingerprint density at radius 1 is 1.04 bits per heavy atom. The van der Waals surface area contributed by atoms with Crippen LogP contribution >= 0.6 is 0 Å². The first-order valence-electron chi connectivity index (χ1n) is 9.91. The van der Waals surface area contributed by atoms with Crippen LogP contribution in [0.2, 0.25) is 0 Å². The Kier molecular flexibility index (Phi) is 6.39. The van der Waals surface area contributed by atoms with Gasteiger partial charge in [0.05, 0.1) is 0 Å². The third-order valence-corrected chi connectivity index (χ3v) is 5.08. The van der Waals surface area contributed by atoms with Crippen LogP contribution in [0, 0.1) is 20.8 Å². The zero-order valence-corrected chi connectivity index (χ0v) is 16.9. The molecule has 1 aliphatic rings. The summed E-state index contributed by atoms with van der Waals surface area (Å²) in [5.74, 6) is 0.153. The fraction of sp³-hybridized carbons (Fsp3) is 0.455. The third-order valence-electron chi connectivity index (χ3n) is 5.08. The summed E-state index contributed by atoms with van der Waals surface area (Å²) in [5, 5.41) is 5.58. The molecule has 1 aromatic carbocycles. The van der Waals surface area contributed by atoms with E-state index in [2.05, 4.69) is 20.6 Å². The lowest BCUT2D eigenvalue weighted by Gasteiger charge is -2.17. The molecule has 1 aliphatic carbocycles. The number of hydrogen-bond donors (Lipinski definition) is 2. The second kappa shape index (κ2) is 8.95. The number of benzene rings is 1. The largest absolute Gasteiger partial charge is 0.355 e. The van der Waals surface area contributed by atoms with Crippen molar-refractivity contribution in [2.75, 3.05) is 11.9 Å². The van der Waals surface area contributed by atoms with Gasteiger partial charge in [0.1, 0.15) is 12.2 Å². The topological polar surface area (TPSA) is 84.0 Å². The number of hydrogen-bond acceptors (Lipinski definition) is 4. The molecule has 1 aromatic heterocycles. The highest BCUT2D eigenvalue weighted by molar-refractivity contribution is 6.03. The summed E-state index contributed by atoms with van der Waals surface area (Å²) in [6.45, 7) is 6.39. The van der Waals surface area contributed by atoms with Gasteiger partial charge in [-0.15, -0.1) is 0 Å². The summed E-state index contributed by atoms with van der Waals surface area (Å²) in [6.07, 6.45) is 4.83. The summed E-state index contributed by atoms with van der Waals surface area (Å²) in [7, 11) is 0. The van der Waals surface area contributed by atoms with Crippen molar-refractivity contribution in [1.29, 1.82) is 0 Å². The molecule has 0 atom stereocenters. The maximum absolute atomic E-state index is 12.1. The summed E-state index contributed by atoms with van der Waals surface area (Å²) in [5.41, 5.74) is 6.36. The van der Waals surface area contributed by atoms with Crippen LogP contribution in [0.15, 0.2) is 18.2 Å². The smallest absolute Gasteiger partial charge is 0.233 e. The van der Waals surface area contributed by atoms with Crippen LogP contribution in [0.1, 0.15) is 53.2 Å². The Morgan fingerprint density at radius 2 is 1.82 bits per heavy atom. The molecule has 0 radical (unpaired) electrons. The Labute approximate surface area is 166 Å². The minimum Gasteiger partial charge on any atom is -0.355 e. The molecule has 2 aromatic rings. The number of carbonyl (C=O) groups is 2. The van der Waals surface area contributed by atoms with Gasteiger partial charge in [-0.1, -0.05) is 17.7 Å². The van der Waals surface area contributed by atoms with E-state index >= 15 is 0 Å². The number of rotatable bonds is 6. The number of nitrogens with zero attached hydrogens (tertiary/aromatic N) is 2. The van der Waals surface area contributed by atoms with E-state index in [9.17, 15) is 9.59 Å². The van der Waals surface area contributed by atoms with E-state index in [0.717, 1.165) is 46.9 Å². The molecule has 3 rings (SSSR count). The van der Waals surface area contributed by atoms with Crippen molar-refractivity contribution in [3.63, 3.8) is 0 Å². The minimum absolute atomic E-state index is 0.197. The van der Waals surface area contributed by atoms with Crippen molar-refractivity contribution in [1.82, 2.24) is 15.3 Å². The van der Waals surface area contributed by atoms with Gasteiger partial charge in [0.15, 0.2) is 0 Å². The van der Waals surface area contributed by atoms with Gasteiger partial charge in [-0.25, -0.2) is 9.97 Å². The molecule has 0 fully saturated rings. The molecule has 0 aliphatic heterocycles. The van der Waals surface area contributed by atoms with Crippen molar-refractivity contribution in [3.05, 3.63) is 52.1 Å². The van der Waals surface area contributed by atoms with Gasteiger partial charge in [0.2, 0.25) is 11.8 Å². The van der Waals surface area contributed by atoms with E-state index in [0.29, 0.717) is 13.0 Å². The standard InChI is InChI=1S/C22H28N4O2/c1-14-8-9-18(15(2)12-14)26-22(28)13-21(27)23-11-10-20-24-16(3)17-6-4-5-7-19(17)25-20/h8-9,12H,4-7,10-11,13H2,1-3H3,(H,23,27)(H,26,28). The predicted octanol–water partition coefficient (Wildman–Crippen LogP) is 2.97. The van der Waals surface area contributed by atoms with Crippen LogP contribution in [0.5, 0.6) is 0 Å². The van der Waals surface area contributed by atoms with Crippen LogP contribution in [-0.4, -0.2) is 28.3 Å². The minimum atomic E-state index is -0.315. The van der Waals surface area contributed by atoms with Crippen LogP contribution in [0.4, 0.5) is 5.69 Å². The van der Waals surface area contributed by atoms with Crippen molar-refractivity contribution >= 4 is 17.5 Å². The Hall–Kier alpha value is -2.76. The van der Waals surface area contributed by atoms with Gasteiger partial charge < -0.3 is 10.6 Å². The molecule has 6 nitrogen and oxygen atoms in total. The molecule has 28 heavy (non-hydrogen) atoms. The maximum Gasteiger partial charge on any atom is 0.233 e. The first-order chi connectivity index (χ1) is 13.4. The fourth-order valence-corrected chi connectivity index (χ4v) is 3.63. The summed E-state index contributed by atoms with van der Waals surface area (Å²) in [4.78, 5) is 33.4. The highest BCUT2D eigenvalue weighted by Crippen LogP contribution is 2.21. The van der Waals surface area contributed by atoms with Crippen LogP contribution in [0.3, 0.4) is 0 Å². The van der Waals surface area contributed by atoms with Crippen LogP contribution in [-0.2, 0) is 28.9 Å². The number of carbonyl (C=O) groups excluding carboxylic acids is 2. The summed E-state index contributed by atoms with van der Waals surface area (Å²) >= 11 is 0. The van der Waals surface area contributed by atoms with Crippen molar-refractivity contribution < 1.29 is 9.59 Å². The molecule has 2 amide bonds. The van der Waals surface area contributed by atoms with E-state index in [-0.39, 0.29) is 18.2 Å². The first-order valence-corrected chi connectivity index (χ1v) is 9.91. The fourth-order valence-electron chi connectivity index (χ4n) is 3.63. The zero-order valence-electron chi connectivity index (χ0n) is 16.9. The lowest BCUT2D eigenvalue weighted by Crippen LogP contribution is -2.30. The maximum atomic E-state index is 12.1. The van der Waals surface area contributed by atoms with Gasteiger partial charge >= 0.3 is 0 Å². The Balaban J connectivity index is 1.47. The lowest BCUT2D eigenvalue weighted by atomic mass is 9.95. The van der Waals surface area contributed by atoms with Crippen molar-refractivity contribution in [3.8, 4) is 0 Å². The second-order valence-corrected chi connectivity index (χ2v) is 7.50. The Bertz CT molecular complexity index is 892. The number of nitrogens with one attached hydrogen (secondary N) is 2. The molecule has 2 N–H and O–H groups in total. The van der Waals surface area contributed by atoms with Gasteiger partial charge in [-0.3, -0.25) is 9.59 Å². The van der Waals surface area contributed by atoms with Gasteiger partial charge in [0.25, 0.3) is 0 Å². The number of fused-ring (bicyclic) bond motifs is 1. The van der Waals surface area contributed by atoms with Crippen molar-refractivity contribution in [2.45, 2.75) is 59.3 Å². The number of amides is 2. The lowest BCUT2D eigenvalue weighted by molar-refractivity contribution is -0.126. The molecule has 0 spiro atoms. The zero-order chi connectivity index (χ0) is 20.1. The van der Waals surface area contributed by atoms with E-state index in [1.54, 1.807) is 0 Å². The average Bonchev–Trinajstić information content (AvgIpc) is 2.64. The molecular formula is C22H28N4O2. The molecule has 0 bridgehead atoms. The van der Waals surface area contributed by atoms with Gasteiger partial charge in [-0.2, -0.15) is 0 Å². The Morgan fingerprint density at radius 3 is 2.61 bits per heavy atom. The predicted molar refractivity (Wildman–Crippen MR) is 109 cm³/mol. The molecule has 0 saturated heterocycles. The van der Waals surface area contributed by atoms with Gasteiger partial charge in [0, 0.05) is 30.0 Å². The number of aryl methyl sites for hydroxylation is 4. The normalized spacial score (nSPS) is 13.0. The molecule has 1 heterocycles. The molecule has 6 heteroatoms. The second-order valence-electron chi connectivity index (χ2n) is 7.50. The van der Waals surface area contributed by atoms with Crippen LogP contribution < -0.4 is 10.6 Å². The van der Waals surface area contributed by atoms with Crippen molar-refractivity contribution in [2.24, 2.45) is 0 Å². The molecular weight excluding hydrogens is 352 g/mol. The average molecular weight is 380 g/mol. The highest BCUT2D eigenvalue weighted by Gasteiger charge is 2.16. The number of aromatic nitrogens is 2. The monoisotopic (exact) mass is 380 g/mol. The van der Waals surface area contributed by atoms with E-state index < -0.39 is 0 Å². The molecule has 0 unspecified atom stereocenters. The van der Waals surface area contributed by atoms with E-state index in [4.69, 9.17) is 0 Å². The van der Waals surface area contributed by atoms with E-state index in [1.807, 2.05) is 39.0 Å². The third kappa shape index (κ3) is 5.15. The quantitative estimate of drug-likeness (QED) is 0.755. The van der Waals surface area contributed by atoms with Crippen LogP contribution in [0.25, 0.3) is 0 Å². The first kappa shape index (κ1) is 20.0. The van der Waals surface area contributed by atoms with Gasteiger partial charge in [-0.05, 0) is 63.6 Å². The van der Waals surface area contributed by atoms with E-state index in [1.165, 1.54) is 18.4 Å².